The molecule has 0 aliphatic rings. The fraction of sp³-hybridized carbons (Fsp3) is 0.417. The molecule has 0 radical (unpaired) electrons. The predicted octanol–water partition coefficient (Wildman–Crippen LogP) is 1.09. The first kappa shape index (κ1) is 14.1. The molecule has 0 saturated heterocycles. The van der Waals surface area contributed by atoms with E-state index in [1.54, 1.807) is 7.11 Å². The number of hydrogen-bond donors (Lipinski definition) is 1. The van der Waals surface area contributed by atoms with Crippen LogP contribution in [0.4, 0.5) is 5.69 Å². The first-order chi connectivity index (χ1) is 8.63. The van der Waals surface area contributed by atoms with Crippen LogP contribution in [0.25, 0.3) is 0 Å². The Bertz CT molecular complexity index is 419. The van der Waals surface area contributed by atoms with Crippen LogP contribution in [0, 0.1) is 0 Å². The second-order valence-corrected chi connectivity index (χ2v) is 3.42. The Morgan fingerprint density at radius 3 is 2.44 bits per heavy atom. The Balaban J connectivity index is 2.99. The fourth-order valence-electron chi connectivity index (χ4n) is 1.37. The third kappa shape index (κ3) is 3.27. The molecule has 1 aromatic carbocycles. The highest BCUT2D eigenvalue weighted by atomic mass is 16.5. The van der Waals surface area contributed by atoms with Crippen molar-refractivity contribution in [2.45, 2.75) is 0 Å². The molecule has 0 aromatic heterocycles. The van der Waals surface area contributed by atoms with E-state index in [-0.39, 0.29) is 11.3 Å². The average molecular weight is 255 g/mol. The van der Waals surface area contributed by atoms with Crippen LogP contribution < -0.4 is 15.2 Å². The zero-order valence-electron chi connectivity index (χ0n) is 10.7. The molecular formula is C12H17NO5. The summed E-state index contributed by atoms with van der Waals surface area (Å²) in [5.41, 5.74) is 6.28. The molecule has 18 heavy (non-hydrogen) atoms. The second kappa shape index (κ2) is 6.70. The van der Waals surface area contributed by atoms with Crippen LogP contribution in [0.5, 0.6) is 11.5 Å². The van der Waals surface area contributed by atoms with Gasteiger partial charge >= 0.3 is 5.97 Å². The zero-order chi connectivity index (χ0) is 13.5. The summed E-state index contributed by atoms with van der Waals surface area (Å²) in [6.07, 6.45) is 0. The number of methoxy groups -OCH3 is 3. The summed E-state index contributed by atoms with van der Waals surface area (Å²) < 4.78 is 20.1. The molecule has 6 nitrogen and oxygen atoms in total. The minimum Gasteiger partial charge on any atom is -0.493 e. The number of hydrogen-bond acceptors (Lipinski definition) is 6. The molecule has 0 heterocycles. The van der Waals surface area contributed by atoms with Crippen LogP contribution in [0.15, 0.2) is 12.1 Å². The molecule has 0 amide bonds. The lowest BCUT2D eigenvalue weighted by molar-refractivity contribution is 0.0601. The van der Waals surface area contributed by atoms with E-state index in [1.807, 2.05) is 0 Å². The van der Waals surface area contributed by atoms with Gasteiger partial charge in [-0.1, -0.05) is 0 Å². The largest absolute Gasteiger partial charge is 0.493 e. The summed E-state index contributed by atoms with van der Waals surface area (Å²) in [7, 11) is 4.35. The van der Waals surface area contributed by atoms with Gasteiger partial charge in [-0.15, -0.1) is 0 Å². The van der Waals surface area contributed by atoms with Gasteiger partial charge in [0.1, 0.15) is 6.61 Å². The molecule has 6 heteroatoms. The van der Waals surface area contributed by atoms with Crippen LogP contribution in [0.3, 0.4) is 0 Å². The predicted molar refractivity (Wildman–Crippen MR) is 66.1 cm³/mol. The van der Waals surface area contributed by atoms with Gasteiger partial charge in [-0.25, -0.2) is 4.79 Å². The molecular weight excluding hydrogens is 238 g/mol. The molecule has 0 bridgehead atoms. The Hall–Kier alpha value is -1.95. The maximum absolute atomic E-state index is 11.5. The Labute approximate surface area is 106 Å². The van der Waals surface area contributed by atoms with Gasteiger partial charge in [0.2, 0.25) is 0 Å². The lowest BCUT2D eigenvalue weighted by Gasteiger charge is -2.13. The smallest absolute Gasteiger partial charge is 0.340 e. The third-order valence-corrected chi connectivity index (χ3v) is 2.29. The topological polar surface area (TPSA) is 80.0 Å². The minimum atomic E-state index is -0.519. The molecule has 1 aromatic rings. The van der Waals surface area contributed by atoms with Crippen LogP contribution in [-0.2, 0) is 9.47 Å². The molecule has 1 rings (SSSR count). The molecule has 2 N–H and O–H groups in total. The number of nitrogen functional groups attached to an aromatic ring is 1. The highest BCUT2D eigenvalue weighted by Gasteiger charge is 2.15. The van der Waals surface area contributed by atoms with E-state index in [0.717, 1.165) is 0 Å². The standard InChI is InChI=1S/C12H17NO5/c1-15-4-5-18-11-7-9(13)8(12(14)17-3)6-10(11)16-2/h6-7H,4-5,13H2,1-3H3. The highest BCUT2D eigenvalue weighted by Crippen LogP contribution is 2.32. The molecule has 0 atom stereocenters. The van der Waals surface area contributed by atoms with Gasteiger partial charge in [0.15, 0.2) is 11.5 Å². The Morgan fingerprint density at radius 1 is 1.17 bits per heavy atom. The van der Waals surface area contributed by atoms with Gasteiger partial charge in [-0.2, -0.15) is 0 Å². The number of anilines is 1. The van der Waals surface area contributed by atoms with Crippen LogP contribution >= 0.6 is 0 Å². The zero-order valence-corrected chi connectivity index (χ0v) is 10.7. The van der Waals surface area contributed by atoms with E-state index in [2.05, 4.69) is 4.74 Å². The van der Waals surface area contributed by atoms with Gasteiger partial charge in [0.05, 0.1) is 32.1 Å². The summed E-state index contributed by atoms with van der Waals surface area (Å²) in [4.78, 5) is 11.5. The molecule has 0 unspecified atom stereocenters. The number of ether oxygens (including phenoxy) is 4. The molecule has 0 fully saturated rings. The number of nitrogens with two attached hydrogens (primary N) is 1. The minimum absolute atomic E-state index is 0.244. The molecule has 0 spiro atoms. The quantitative estimate of drug-likeness (QED) is 0.465. The van der Waals surface area contributed by atoms with Crippen molar-refractivity contribution in [1.82, 2.24) is 0 Å². The number of esters is 1. The van der Waals surface area contributed by atoms with Crippen molar-refractivity contribution in [3.8, 4) is 11.5 Å². The first-order valence-corrected chi connectivity index (χ1v) is 5.31. The summed E-state index contributed by atoms with van der Waals surface area (Å²) in [5.74, 6) is 0.356. The van der Waals surface area contributed by atoms with E-state index >= 15 is 0 Å². The van der Waals surface area contributed by atoms with E-state index < -0.39 is 5.97 Å². The first-order valence-electron chi connectivity index (χ1n) is 5.31. The van der Waals surface area contributed by atoms with Gasteiger partial charge in [0, 0.05) is 19.2 Å². The molecule has 100 valence electrons. The summed E-state index contributed by atoms with van der Waals surface area (Å²) in [5, 5.41) is 0. The van der Waals surface area contributed by atoms with Crippen molar-refractivity contribution in [1.29, 1.82) is 0 Å². The number of rotatable bonds is 6. The van der Waals surface area contributed by atoms with Crippen LogP contribution in [-0.4, -0.2) is 40.5 Å². The van der Waals surface area contributed by atoms with E-state index in [4.69, 9.17) is 19.9 Å². The fourth-order valence-corrected chi connectivity index (χ4v) is 1.37. The van der Waals surface area contributed by atoms with Crippen molar-refractivity contribution in [2.24, 2.45) is 0 Å². The maximum Gasteiger partial charge on any atom is 0.340 e. The number of carbonyl (C=O) groups excluding carboxylic acids is 1. The highest BCUT2D eigenvalue weighted by molar-refractivity contribution is 5.96. The maximum atomic E-state index is 11.5. The van der Waals surface area contributed by atoms with Crippen molar-refractivity contribution in [2.75, 3.05) is 40.3 Å². The Morgan fingerprint density at radius 2 is 1.89 bits per heavy atom. The van der Waals surface area contributed by atoms with E-state index in [9.17, 15) is 4.79 Å². The monoisotopic (exact) mass is 255 g/mol. The third-order valence-electron chi connectivity index (χ3n) is 2.29. The summed E-state index contributed by atoms with van der Waals surface area (Å²) >= 11 is 0. The lowest BCUT2D eigenvalue weighted by atomic mass is 10.1. The van der Waals surface area contributed by atoms with Gasteiger partial charge in [0.25, 0.3) is 0 Å². The van der Waals surface area contributed by atoms with E-state index in [0.29, 0.717) is 24.7 Å². The average Bonchev–Trinajstić information content (AvgIpc) is 2.38. The number of benzene rings is 1. The lowest BCUT2D eigenvalue weighted by Crippen LogP contribution is -2.09. The molecule has 0 aliphatic carbocycles. The van der Waals surface area contributed by atoms with E-state index in [1.165, 1.54) is 26.4 Å². The van der Waals surface area contributed by atoms with Crippen LogP contribution in [0.2, 0.25) is 0 Å². The van der Waals surface area contributed by atoms with Gasteiger partial charge < -0.3 is 24.7 Å². The van der Waals surface area contributed by atoms with Gasteiger partial charge in [-0.05, 0) is 0 Å². The second-order valence-electron chi connectivity index (χ2n) is 3.42. The van der Waals surface area contributed by atoms with Gasteiger partial charge in [-0.3, -0.25) is 0 Å². The van der Waals surface area contributed by atoms with Crippen molar-refractivity contribution >= 4 is 11.7 Å². The number of carbonyl (C=O) groups is 1. The summed E-state index contributed by atoms with van der Waals surface area (Å²) in [6.45, 7) is 0.811. The van der Waals surface area contributed by atoms with Crippen molar-refractivity contribution < 1.29 is 23.7 Å². The van der Waals surface area contributed by atoms with Crippen LogP contribution in [0.1, 0.15) is 10.4 Å². The Kier molecular flexibility index (Phi) is 5.26. The normalized spacial score (nSPS) is 9.94. The van der Waals surface area contributed by atoms with Crippen molar-refractivity contribution in [3.63, 3.8) is 0 Å². The molecule has 0 saturated carbocycles. The SMILES string of the molecule is COCCOc1cc(N)c(C(=O)OC)cc1OC. The summed E-state index contributed by atoms with van der Waals surface area (Å²) in [6, 6.07) is 3.02. The molecule has 0 aliphatic heterocycles. The van der Waals surface area contributed by atoms with Crippen molar-refractivity contribution in [3.05, 3.63) is 17.7 Å².